The van der Waals surface area contributed by atoms with Gasteiger partial charge in [0.15, 0.2) is 0 Å². The van der Waals surface area contributed by atoms with Crippen molar-refractivity contribution in [2.45, 2.75) is 12.5 Å². The van der Waals surface area contributed by atoms with Gasteiger partial charge in [-0.3, -0.25) is 9.59 Å². The molecule has 0 heterocycles. The van der Waals surface area contributed by atoms with Crippen molar-refractivity contribution in [3.63, 3.8) is 0 Å². The van der Waals surface area contributed by atoms with Crippen LogP contribution in [0, 0.1) is 5.92 Å². The summed E-state index contributed by atoms with van der Waals surface area (Å²) >= 11 is 3.36. The van der Waals surface area contributed by atoms with Gasteiger partial charge in [0.1, 0.15) is 0 Å². The van der Waals surface area contributed by atoms with Gasteiger partial charge >= 0.3 is 5.97 Å². The first-order valence-corrected chi connectivity index (χ1v) is 6.53. The molecule has 2 rings (SSSR count). The molecule has 2 atom stereocenters. The third-order valence-electron chi connectivity index (χ3n) is 3.00. The molecule has 0 saturated heterocycles. The maximum absolute atomic E-state index is 11.0. The number of primary amides is 1. The number of aliphatic carboxylic acids is 1. The lowest BCUT2D eigenvalue weighted by Crippen LogP contribution is -2.19. The van der Waals surface area contributed by atoms with E-state index in [0.29, 0.717) is 12.0 Å². The summed E-state index contributed by atoms with van der Waals surface area (Å²) in [6, 6.07) is 4.98. The van der Waals surface area contributed by atoms with Crippen molar-refractivity contribution in [2.24, 2.45) is 11.7 Å². The molecular formula is C13H13BrN2O3. The van der Waals surface area contributed by atoms with E-state index in [1.807, 2.05) is 6.08 Å². The summed E-state index contributed by atoms with van der Waals surface area (Å²) in [5.41, 5.74) is 6.41. The summed E-state index contributed by atoms with van der Waals surface area (Å²) in [6.07, 6.45) is 4.04. The lowest BCUT2D eigenvalue weighted by atomic mass is 10.1. The van der Waals surface area contributed by atoms with E-state index in [9.17, 15) is 9.59 Å². The number of carboxylic acids is 1. The zero-order valence-electron chi connectivity index (χ0n) is 9.97. The van der Waals surface area contributed by atoms with E-state index in [1.54, 1.807) is 24.3 Å². The molecule has 0 spiro atoms. The second kappa shape index (κ2) is 5.44. The Bertz CT molecular complexity index is 557. The molecule has 0 aromatic heterocycles. The Labute approximate surface area is 118 Å². The molecular weight excluding hydrogens is 312 g/mol. The number of carbonyl (C=O) groups is 2. The van der Waals surface area contributed by atoms with Gasteiger partial charge < -0.3 is 16.2 Å². The van der Waals surface area contributed by atoms with Crippen molar-refractivity contribution in [2.75, 3.05) is 5.32 Å². The first kappa shape index (κ1) is 13.6. The molecule has 100 valence electrons. The minimum atomic E-state index is -0.816. The lowest BCUT2D eigenvalue weighted by Gasteiger charge is -2.15. The maximum Gasteiger partial charge on any atom is 0.310 e. The van der Waals surface area contributed by atoms with E-state index in [4.69, 9.17) is 10.8 Å². The van der Waals surface area contributed by atoms with Crippen molar-refractivity contribution >= 4 is 33.5 Å². The summed E-state index contributed by atoms with van der Waals surface area (Å²) in [7, 11) is 0. The molecule has 1 aliphatic carbocycles. The SMILES string of the molecule is NC(=O)c1ccc(NC2C=CC(C(=O)O)C2)c(Br)c1. The number of hydrogen-bond donors (Lipinski definition) is 3. The summed E-state index contributed by atoms with van der Waals surface area (Å²) in [5, 5.41) is 12.1. The maximum atomic E-state index is 11.0. The molecule has 4 N–H and O–H groups in total. The van der Waals surface area contributed by atoms with Crippen LogP contribution >= 0.6 is 15.9 Å². The van der Waals surface area contributed by atoms with Crippen LogP contribution in [0.5, 0.6) is 0 Å². The quantitative estimate of drug-likeness (QED) is 0.738. The van der Waals surface area contributed by atoms with Gasteiger partial charge in [-0.05, 0) is 40.5 Å². The highest BCUT2D eigenvalue weighted by molar-refractivity contribution is 9.10. The second-order valence-corrected chi connectivity index (χ2v) is 5.23. The number of halogens is 1. The molecule has 0 saturated carbocycles. The first-order valence-electron chi connectivity index (χ1n) is 5.74. The number of amides is 1. The van der Waals surface area contributed by atoms with Crippen LogP contribution in [0.4, 0.5) is 5.69 Å². The smallest absolute Gasteiger partial charge is 0.310 e. The average molecular weight is 325 g/mol. The molecule has 5 nitrogen and oxygen atoms in total. The summed E-state index contributed by atoms with van der Waals surface area (Å²) in [5.74, 6) is -1.75. The number of rotatable bonds is 4. The molecule has 1 aromatic carbocycles. The largest absolute Gasteiger partial charge is 0.481 e. The van der Waals surface area contributed by atoms with Gasteiger partial charge in [0.2, 0.25) is 5.91 Å². The van der Waals surface area contributed by atoms with E-state index < -0.39 is 17.8 Å². The van der Waals surface area contributed by atoms with Crippen LogP contribution < -0.4 is 11.1 Å². The third-order valence-corrected chi connectivity index (χ3v) is 3.65. The van der Waals surface area contributed by atoms with Gasteiger partial charge in [-0.2, -0.15) is 0 Å². The van der Waals surface area contributed by atoms with Gasteiger partial charge in [-0.1, -0.05) is 12.2 Å². The van der Waals surface area contributed by atoms with Crippen molar-refractivity contribution in [1.29, 1.82) is 0 Å². The van der Waals surface area contributed by atoms with Gasteiger partial charge in [0, 0.05) is 21.8 Å². The van der Waals surface area contributed by atoms with Crippen LogP contribution in [-0.2, 0) is 4.79 Å². The van der Waals surface area contributed by atoms with E-state index in [-0.39, 0.29) is 6.04 Å². The molecule has 0 radical (unpaired) electrons. The lowest BCUT2D eigenvalue weighted by molar-refractivity contribution is -0.140. The average Bonchev–Trinajstić information content (AvgIpc) is 2.80. The zero-order chi connectivity index (χ0) is 14.0. The number of carboxylic acid groups (broad SMARTS) is 1. The van der Waals surface area contributed by atoms with Crippen molar-refractivity contribution in [3.05, 3.63) is 40.4 Å². The summed E-state index contributed by atoms with van der Waals surface area (Å²) in [4.78, 5) is 21.9. The number of anilines is 1. The minimum absolute atomic E-state index is 0.0307. The summed E-state index contributed by atoms with van der Waals surface area (Å²) in [6.45, 7) is 0. The molecule has 19 heavy (non-hydrogen) atoms. The molecule has 6 heteroatoms. The van der Waals surface area contributed by atoms with Crippen molar-refractivity contribution < 1.29 is 14.7 Å². The van der Waals surface area contributed by atoms with Crippen LogP contribution in [0.15, 0.2) is 34.8 Å². The fourth-order valence-electron chi connectivity index (χ4n) is 1.97. The van der Waals surface area contributed by atoms with Gasteiger partial charge in [0.05, 0.1) is 5.92 Å². The summed E-state index contributed by atoms with van der Waals surface area (Å²) < 4.78 is 0.718. The number of nitrogens with two attached hydrogens (primary N) is 1. The van der Waals surface area contributed by atoms with Crippen LogP contribution in [0.25, 0.3) is 0 Å². The van der Waals surface area contributed by atoms with Crippen molar-refractivity contribution in [3.8, 4) is 0 Å². The van der Waals surface area contributed by atoms with Crippen LogP contribution in [0.3, 0.4) is 0 Å². The van der Waals surface area contributed by atoms with Crippen LogP contribution in [-0.4, -0.2) is 23.0 Å². The van der Waals surface area contributed by atoms with Gasteiger partial charge in [-0.25, -0.2) is 0 Å². The molecule has 2 unspecified atom stereocenters. The Morgan fingerprint density at radius 2 is 2.11 bits per heavy atom. The molecule has 1 aliphatic rings. The highest BCUT2D eigenvalue weighted by Crippen LogP contribution is 2.27. The predicted octanol–water partition coefficient (Wildman–Crippen LogP) is 1.99. The number of carbonyl (C=O) groups excluding carboxylic acids is 1. The fraction of sp³-hybridized carbons (Fsp3) is 0.231. The fourth-order valence-corrected chi connectivity index (χ4v) is 2.47. The van der Waals surface area contributed by atoms with Gasteiger partial charge in [0.25, 0.3) is 0 Å². The van der Waals surface area contributed by atoms with E-state index in [2.05, 4.69) is 21.2 Å². The van der Waals surface area contributed by atoms with Crippen LogP contribution in [0.1, 0.15) is 16.8 Å². The Kier molecular flexibility index (Phi) is 3.90. The third kappa shape index (κ3) is 3.14. The molecule has 1 amide bonds. The predicted molar refractivity (Wildman–Crippen MR) is 75.0 cm³/mol. The normalized spacial score (nSPS) is 21.3. The zero-order valence-corrected chi connectivity index (χ0v) is 11.6. The molecule has 1 aromatic rings. The van der Waals surface area contributed by atoms with E-state index in [0.717, 1.165) is 10.2 Å². The van der Waals surface area contributed by atoms with Crippen molar-refractivity contribution in [1.82, 2.24) is 0 Å². The molecule has 0 aliphatic heterocycles. The standard InChI is InChI=1S/C13H13BrN2O3/c14-10-6-7(12(15)17)2-4-11(10)16-9-3-1-8(5-9)13(18)19/h1-4,6,8-9,16H,5H2,(H2,15,17)(H,18,19). The second-order valence-electron chi connectivity index (χ2n) is 4.38. The molecule has 0 bridgehead atoms. The monoisotopic (exact) mass is 324 g/mol. The van der Waals surface area contributed by atoms with E-state index >= 15 is 0 Å². The highest BCUT2D eigenvalue weighted by atomic mass is 79.9. The topological polar surface area (TPSA) is 92.4 Å². The first-order chi connectivity index (χ1) is 8.97. The Hall–Kier alpha value is -1.82. The number of nitrogens with one attached hydrogen (secondary N) is 1. The Balaban J connectivity index is 2.07. The molecule has 0 fully saturated rings. The van der Waals surface area contributed by atoms with Crippen LogP contribution in [0.2, 0.25) is 0 Å². The van der Waals surface area contributed by atoms with Gasteiger partial charge in [-0.15, -0.1) is 0 Å². The van der Waals surface area contributed by atoms with E-state index in [1.165, 1.54) is 0 Å². The Morgan fingerprint density at radius 1 is 1.37 bits per heavy atom. The highest BCUT2D eigenvalue weighted by Gasteiger charge is 2.24. The number of hydrogen-bond acceptors (Lipinski definition) is 3. The Morgan fingerprint density at radius 3 is 2.63 bits per heavy atom. The number of benzene rings is 1. The minimum Gasteiger partial charge on any atom is -0.481 e.